The van der Waals surface area contributed by atoms with Gasteiger partial charge in [-0.3, -0.25) is 0 Å². The molecule has 0 saturated carbocycles. The number of halogens is 1. The van der Waals surface area contributed by atoms with E-state index in [1.165, 1.54) is 11.1 Å². The average Bonchev–Trinajstić information content (AvgIpc) is 2.37. The molecule has 5 heteroatoms. The summed E-state index contributed by atoms with van der Waals surface area (Å²) in [7, 11) is 1.55. The molecule has 0 aliphatic rings. The van der Waals surface area contributed by atoms with Crippen LogP contribution in [-0.4, -0.2) is 23.7 Å². The van der Waals surface area contributed by atoms with E-state index in [0.717, 1.165) is 5.75 Å². The molecule has 20 heavy (non-hydrogen) atoms. The summed E-state index contributed by atoms with van der Waals surface area (Å²) in [5.41, 5.74) is 2.36. The molecule has 4 nitrogen and oxygen atoms in total. The number of aryl methyl sites for hydroxylation is 2. The van der Waals surface area contributed by atoms with Crippen LogP contribution in [0.1, 0.15) is 17.0 Å². The van der Waals surface area contributed by atoms with Gasteiger partial charge in [-0.25, -0.2) is 4.98 Å². The van der Waals surface area contributed by atoms with E-state index in [2.05, 4.69) is 16.0 Å². The average molecular weight is 293 g/mol. The lowest BCUT2D eigenvalue weighted by Gasteiger charge is -2.08. The van der Waals surface area contributed by atoms with Gasteiger partial charge in [0, 0.05) is 12.5 Å². The van der Waals surface area contributed by atoms with E-state index < -0.39 is 0 Å². The topological polar surface area (TPSA) is 44.2 Å². The van der Waals surface area contributed by atoms with Crippen LogP contribution in [0.25, 0.3) is 0 Å². The molecule has 0 N–H and O–H groups in total. The van der Waals surface area contributed by atoms with Crippen LogP contribution >= 0.6 is 11.6 Å². The minimum Gasteiger partial charge on any atom is -0.493 e. The van der Waals surface area contributed by atoms with Crippen LogP contribution in [0.15, 0.2) is 24.3 Å². The van der Waals surface area contributed by atoms with Crippen LogP contribution < -0.4 is 9.47 Å². The Kier molecular flexibility index (Phi) is 4.79. The third-order valence-electron chi connectivity index (χ3n) is 2.72. The van der Waals surface area contributed by atoms with Crippen LogP contribution in [0.5, 0.6) is 11.6 Å². The third-order valence-corrected chi connectivity index (χ3v) is 2.91. The first-order valence-corrected chi connectivity index (χ1v) is 6.73. The molecule has 0 bridgehead atoms. The Hall–Kier alpha value is -1.81. The van der Waals surface area contributed by atoms with Gasteiger partial charge >= 0.3 is 0 Å². The molecule has 1 aromatic heterocycles. The van der Waals surface area contributed by atoms with Gasteiger partial charge in [0.2, 0.25) is 5.88 Å². The molecule has 0 spiro atoms. The zero-order chi connectivity index (χ0) is 14.5. The molecule has 1 heterocycles. The standard InChI is InChI=1S/C15H17ClN2O2/c1-10-6-11(2)8-12(7-10)20-5-4-14-17-13(16)9-15(18-14)19-3/h6-9H,4-5H2,1-3H3. The zero-order valence-electron chi connectivity index (χ0n) is 11.8. The van der Waals surface area contributed by atoms with Crippen LogP contribution in [-0.2, 0) is 6.42 Å². The predicted octanol–water partition coefficient (Wildman–Crippen LogP) is 3.38. The lowest BCUT2D eigenvalue weighted by molar-refractivity contribution is 0.317. The van der Waals surface area contributed by atoms with Crippen molar-refractivity contribution in [2.24, 2.45) is 0 Å². The van der Waals surface area contributed by atoms with Crippen molar-refractivity contribution in [3.63, 3.8) is 0 Å². The van der Waals surface area contributed by atoms with Crippen molar-refractivity contribution in [2.75, 3.05) is 13.7 Å². The molecule has 2 aromatic rings. The van der Waals surface area contributed by atoms with E-state index in [9.17, 15) is 0 Å². The SMILES string of the molecule is COc1cc(Cl)nc(CCOc2cc(C)cc(C)c2)n1. The van der Waals surface area contributed by atoms with Crippen molar-refractivity contribution in [1.29, 1.82) is 0 Å². The van der Waals surface area contributed by atoms with E-state index in [-0.39, 0.29) is 0 Å². The molecule has 0 unspecified atom stereocenters. The van der Waals surface area contributed by atoms with Gasteiger partial charge in [-0.2, -0.15) is 4.98 Å². The van der Waals surface area contributed by atoms with Gasteiger partial charge in [0.05, 0.1) is 13.7 Å². The summed E-state index contributed by atoms with van der Waals surface area (Å²) < 4.78 is 10.8. The minimum atomic E-state index is 0.373. The number of aromatic nitrogens is 2. The predicted molar refractivity (Wildman–Crippen MR) is 78.7 cm³/mol. The van der Waals surface area contributed by atoms with E-state index in [4.69, 9.17) is 21.1 Å². The zero-order valence-corrected chi connectivity index (χ0v) is 12.6. The van der Waals surface area contributed by atoms with Gasteiger partial charge in [0.1, 0.15) is 16.7 Å². The number of hydrogen-bond acceptors (Lipinski definition) is 4. The molecule has 0 aliphatic carbocycles. The molecule has 0 atom stereocenters. The van der Waals surface area contributed by atoms with Crippen molar-refractivity contribution >= 4 is 11.6 Å². The summed E-state index contributed by atoms with van der Waals surface area (Å²) in [5, 5.41) is 0.373. The van der Waals surface area contributed by atoms with Crippen molar-refractivity contribution in [3.8, 4) is 11.6 Å². The number of benzene rings is 1. The molecule has 0 amide bonds. The smallest absolute Gasteiger partial charge is 0.217 e. The summed E-state index contributed by atoms with van der Waals surface area (Å²) in [6.45, 7) is 4.59. The Balaban J connectivity index is 1.97. The first-order chi connectivity index (χ1) is 9.56. The Morgan fingerprint density at radius 2 is 1.75 bits per heavy atom. The third kappa shape index (κ3) is 4.10. The molecular formula is C15H17ClN2O2. The van der Waals surface area contributed by atoms with Crippen LogP contribution in [0, 0.1) is 13.8 Å². The first-order valence-electron chi connectivity index (χ1n) is 6.35. The lowest BCUT2D eigenvalue weighted by atomic mass is 10.1. The molecule has 0 fully saturated rings. The minimum absolute atomic E-state index is 0.373. The highest BCUT2D eigenvalue weighted by molar-refractivity contribution is 6.29. The van der Waals surface area contributed by atoms with E-state index in [0.29, 0.717) is 29.9 Å². The maximum absolute atomic E-state index is 5.89. The van der Waals surface area contributed by atoms with Crippen LogP contribution in [0.4, 0.5) is 0 Å². The molecule has 106 valence electrons. The molecule has 2 rings (SSSR count). The Labute approximate surface area is 123 Å². The second-order valence-electron chi connectivity index (χ2n) is 4.57. The number of methoxy groups -OCH3 is 1. The fourth-order valence-corrected chi connectivity index (χ4v) is 2.13. The maximum atomic E-state index is 5.89. The molecule has 0 aliphatic heterocycles. The maximum Gasteiger partial charge on any atom is 0.217 e. The highest BCUT2D eigenvalue weighted by Crippen LogP contribution is 2.17. The highest BCUT2D eigenvalue weighted by Gasteiger charge is 2.04. The van der Waals surface area contributed by atoms with Crippen LogP contribution in [0.2, 0.25) is 5.15 Å². The Bertz CT molecular complexity index is 582. The first kappa shape index (κ1) is 14.6. The quantitative estimate of drug-likeness (QED) is 0.793. The van der Waals surface area contributed by atoms with Gasteiger partial charge in [-0.1, -0.05) is 17.7 Å². The van der Waals surface area contributed by atoms with Gasteiger partial charge in [0.15, 0.2) is 0 Å². The number of nitrogens with zero attached hydrogens (tertiary/aromatic N) is 2. The van der Waals surface area contributed by atoms with Gasteiger partial charge in [0.25, 0.3) is 0 Å². The van der Waals surface area contributed by atoms with Crippen molar-refractivity contribution in [1.82, 2.24) is 9.97 Å². The van der Waals surface area contributed by atoms with Gasteiger partial charge in [-0.05, 0) is 37.1 Å². The number of rotatable bonds is 5. The van der Waals surface area contributed by atoms with Crippen molar-refractivity contribution in [3.05, 3.63) is 46.4 Å². The Morgan fingerprint density at radius 3 is 2.40 bits per heavy atom. The lowest BCUT2D eigenvalue weighted by Crippen LogP contribution is -2.06. The van der Waals surface area contributed by atoms with E-state index in [1.807, 2.05) is 26.0 Å². The fourth-order valence-electron chi connectivity index (χ4n) is 1.93. The number of ether oxygens (including phenoxy) is 2. The second kappa shape index (κ2) is 6.57. The summed E-state index contributed by atoms with van der Waals surface area (Å²) in [4.78, 5) is 8.36. The van der Waals surface area contributed by atoms with Gasteiger partial charge in [-0.15, -0.1) is 0 Å². The molecule has 0 saturated heterocycles. The second-order valence-corrected chi connectivity index (χ2v) is 4.96. The fraction of sp³-hybridized carbons (Fsp3) is 0.333. The van der Waals surface area contributed by atoms with E-state index >= 15 is 0 Å². The highest BCUT2D eigenvalue weighted by atomic mass is 35.5. The van der Waals surface area contributed by atoms with Gasteiger partial charge < -0.3 is 9.47 Å². The van der Waals surface area contributed by atoms with Crippen molar-refractivity contribution < 1.29 is 9.47 Å². The molecule has 1 aromatic carbocycles. The largest absolute Gasteiger partial charge is 0.493 e. The molecule has 0 radical (unpaired) electrons. The van der Waals surface area contributed by atoms with E-state index in [1.54, 1.807) is 13.2 Å². The molecular weight excluding hydrogens is 276 g/mol. The Morgan fingerprint density at radius 1 is 1.05 bits per heavy atom. The summed E-state index contributed by atoms with van der Waals surface area (Å²) in [5.74, 6) is 1.93. The van der Waals surface area contributed by atoms with Crippen LogP contribution in [0.3, 0.4) is 0 Å². The normalized spacial score (nSPS) is 10.4. The number of hydrogen-bond donors (Lipinski definition) is 0. The monoisotopic (exact) mass is 292 g/mol. The van der Waals surface area contributed by atoms with Crippen molar-refractivity contribution in [2.45, 2.75) is 20.3 Å². The summed E-state index contributed by atoms with van der Waals surface area (Å²) in [6.07, 6.45) is 0.573. The summed E-state index contributed by atoms with van der Waals surface area (Å²) >= 11 is 5.89. The summed E-state index contributed by atoms with van der Waals surface area (Å²) in [6, 6.07) is 7.70.